The quantitative estimate of drug-likeness (QED) is 0.808. The number of hydrogen-bond donors (Lipinski definition) is 1. The monoisotopic (exact) mass is 234 g/mol. The molecular weight excluding hydrogens is 212 g/mol. The molecule has 1 aliphatic heterocycles. The van der Waals surface area contributed by atoms with Gasteiger partial charge >= 0.3 is 0 Å². The van der Waals surface area contributed by atoms with Crippen LogP contribution in [0.3, 0.4) is 0 Å². The summed E-state index contributed by atoms with van der Waals surface area (Å²) < 4.78 is 0. The fourth-order valence-corrected chi connectivity index (χ4v) is 2.57. The van der Waals surface area contributed by atoms with Gasteiger partial charge in [-0.2, -0.15) is 0 Å². The van der Waals surface area contributed by atoms with E-state index in [1.807, 2.05) is 0 Å². The van der Waals surface area contributed by atoms with E-state index in [-0.39, 0.29) is 5.91 Å². The summed E-state index contributed by atoms with van der Waals surface area (Å²) in [6, 6.07) is 0.389. The van der Waals surface area contributed by atoms with Crippen molar-refractivity contribution < 1.29 is 4.79 Å². The Morgan fingerprint density at radius 1 is 1.41 bits per heavy atom. The lowest BCUT2D eigenvalue weighted by Crippen LogP contribution is -2.44. The van der Waals surface area contributed by atoms with Crippen LogP contribution in [0.1, 0.15) is 32.6 Å². The van der Waals surface area contributed by atoms with Crippen molar-refractivity contribution in [1.29, 1.82) is 0 Å². The maximum absolute atomic E-state index is 11.0. The van der Waals surface area contributed by atoms with Gasteiger partial charge in [-0.1, -0.05) is 18.2 Å². The number of carbonyl (C=O) groups is 1. The minimum atomic E-state index is 0.0985. The van der Waals surface area contributed by atoms with Crippen LogP contribution in [0.2, 0.25) is 0 Å². The van der Waals surface area contributed by atoms with Crippen molar-refractivity contribution in [3.05, 3.63) is 23.8 Å². The van der Waals surface area contributed by atoms with E-state index < -0.39 is 0 Å². The van der Waals surface area contributed by atoms with Crippen LogP contribution >= 0.6 is 0 Å². The second kappa shape index (κ2) is 6.01. The van der Waals surface area contributed by atoms with Gasteiger partial charge in [-0.25, -0.2) is 0 Å². The maximum Gasteiger partial charge on any atom is 0.217 e. The molecule has 1 saturated heterocycles. The molecule has 0 aromatic heterocycles. The van der Waals surface area contributed by atoms with E-state index in [2.05, 4.69) is 28.4 Å². The van der Waals surface area contributed by atoms with Crippen LogP contribution in [-0.2, 0) is 4.79 Å². The van der Waals surface area contributed by atoms with E-state index in [9.17, 15) is 4.79 Å². The minimum Gasteiger partial charge on any atom is -0.354 e. The van der Waals surface area contributed by atoms with Crippen molar-refractivity contribution in [3.8, 4) is 0 Å². The Labute approximate surface area is 104 Å². The predicted octanol–water partition coefficient (Wildman–Crippen LogP) is 1.86. The number of rotatable bonds is 3. The molecule has 0 radical (unpaired) electrons. The molecule has 17 heavy (non-hydrogen) atoms. The SMILES string of the molecule is CC(=O)NC1CCN(CC2=CCCC=C2)CC1. The van der Waals surface area contributed by atoms with E-state index in [1.54, 1.807) is 6.92 Å². The summed E-state index contributed by atoms with van der Waals surface area (Å²) in [6.07, 6.45) is 11.4. The second-order valence-electron chi connectivity index (χ2n) is 5.01. The van der Waals surface area contributed by atoms with E-state index >= 15 is 0 Å². The molecule has 1 fully saturated rings. The first-order valence-electron chi connectivity index (χ1n) is 6.59. The molecule has 1 heterocycles. The highest BCUT2D eigenvalue weighted by molar-refractivity contribution is 5.73. The number of hydrogen-bond acceptors (Lipinski definition) is 2. The molecule has 1 N–H and O–H groups in total. The van der Waals surface area contributed by atoms with Gasteiger partial charge in [0.1, 0.15) is 0 Å². The lowest BCUT2D eigenvalue weighted by Gasteiger charge is -2.32. The van der Waals surface area contributed by atoms with Crippen LogP contribution in [0.4, 0.5) is 0 Å². The minimum absolute atomic E-state index is 0.0985. The van der Waals surface area contributed by atoms with Crippen LogP contribution in [0.15, 0.2) is 23.8 Å². The van der Waals surface area contributed by atoms with Gasteiger partial charge in [0.15, 0.2) is 0 Å². The fraction of sp³-hybridized carbons (Fsp3) is 0.643. The molecule has 2 aliphatic rings. The van der Waals surface area contributed by atoms with Gasteiger partial charge in [-0.05, 0) is 31.3 Å². The topological polar surface area (TPSA) is 32.3 Å². The van der Waals surface area contributed by atoms with Gasteiger partial charge in [0.2, 0.25) is 5.91 Å². The highest BCUT2D eigenvalue weighted by Gasteiger charge is 2.19. The molecule has 2 rings (SSSR count). The number of carbonyl (C=O) groups excluding carboxylic acids is 1. The lowest BCUT2D eigenvalue weighted by atomic mass is 10.0. The highest BCUT2D eigenvalue weighted by atomic mass is 16.1. The van der Waals surface area contributed by atoms with Crippen molar-refractivity contribution in [2.45, 2.75) is 38.6 Å². The van der Waals surface area contributed by atoms with Crippen molar-refractivity contribution in [3.63, 3.8) is 0 Å². The Kier molecular flexibility index (Phi) is 4.37. The third-order valence-electron chi connectivity index (χ3n) is 3.47. The Bertz CT molecular complexity index is 325. The van der Waals surface area contributed by atoms with Crippen molar-refractivity contribution in [2.24, 2.45) is 0 Å². The average molecular weight is 234 g/mol. The lowest BCUT2D eigenvalue weighted by molar-refractivity contribution is -0.119. The second-order valence-corrected chi connectivity index (χ2v) is 5.01. The zero-order valence-electron chi connectivity index (χ0n) is 10.6. The summed E-state index contributed by atoms with van der Waals surface area (Å²) in [4.78, 5) is 13.5. The van der Waals surface area contributed by atoms with Crippen molar-refractivity contribution >= 4 is 5.91 Å². The highest BCUT2D eigenvalue weighted by Crippen LogP contribution is 2.15. The Morgan fingerprint density at radius 3 is 2.76 bits per heavy atom. The molecule has 1 aliphatic carbocycles. The average Bonchev–Trinajstić information content (AvgIpc) is 2.32. The first-order chi connectivity index (χ1) is 8.24. The van der Waals surface area contributed by atoms with Crippen LogP contribution in [0, 0.1) is 0 Å². The van der Waals surface area contributed by atoms with Crippen LogP contribution in [-0.4, -0.2) is 36.5 Å². The Morgan fingerprint density at radius 2 is 2.18 bits per heavy atom. The number of nitrogens with zero attached hydrogens (tertiary/aromatic N) is 1. The molecule has 0 saturated carbocycles. The number of nitrogens with one attached hydrogen (secondary N) is 1. The van der Waals surface area contributed by atoms with E-state index in [1.165, 1.54) is 18.4 Å². The number of allylic oxidation sites excluding steroid dienone is 2. The number of piperidine rings is 1. The number of amides is 1. The van der Waals surface area contributed by atoms with Gasteiger partial charge in [-0.15, -0.1) is 0 Å². The van der Waals surface area contributed by atoms with E-state index in [4.69, 9.17) is 0 Å². The van der Waals surface area contributed by atoms with Crippen LogP contribution in [0.25, 0.3) is 0 Å². The van der Waals surface area contributed by atoms with Crippen molar-refractivity contribution in [1.82, 2.24) is 10.2 Å². The fourth-order valence-electron chi connectivity index (χ4n) is 2.57. The standard InChI is InChI=1S/C14H22N2O/c1-12(17)15-14-7-9-16(10-8-14)11-13-5-3-2-4-6-13/h3,5-6,14H,2,4,7-11H2,1H3,(H,15,17). The van der Waals surface area contributed by atoms with Gasteiger partial charge in [0.25, 0.3) is 0 Å². The predicted molar refractivity (Wildman–Crippen MR) is 69.7 cm³/mol. The molecule has 0 unspecified atom stereocenters. The van der Waals surface area contributed by atoms with Crippen LogP contribution in [0.5, 0.6) is 0 Å². The summed E-state index contributed by atoms with van der Waals surface area (Å²) in [7, 11) is 0. The smallest absolute Gasteiger partial charge is 0.217 e. The summed E-state index contributed by atoms with van der Waals surface area (Å²) in [5.74, 6) is 0.0985. The van der Waals surface area contributed by atoms with Crippen molar-refractivity contribution in [2.75, 3.05) is 19.6 Å². The molecule has 1 amide bonds. The van der Waals surface area contributed by atoms with Crippen LogP contribution < -0.4 is 5.32 Å². The third kappa shape index (κ3) is 4.00. The molecular formula is C14H22N2O. The molecule has 3 nitrogen and oxygen atoms in total. The van der Waals surface area contributed by atoms with Gasteiger partial charge < -0.3 is 5.32 Å². The molecule has 0 bridgehead atoms. The maximum atomic E-state index is 11.0. The first-order valence-corrected chi connectivity index (χ1v) is 6.59. The number of likely N-dealkylation sites (tertiary alicyclic amines) is 1. The molecule has 0 aromatic rings. The molecule has 94 valence electrons. The third-order valence-corrected chi connectivity index (χ3v) is 3.47. The van der Waals surface area contributed by atoms with E-state index in [0.717, 1.165) is 32.5 Å². The summed E-state index contributed by atoms with van der Waals surface area (Å²) >= 11 is 0. The normalized spacial score (nSPS) is 22.3. The Hall–Kier alpha value is -1.09. The zero-order chi connectivity index (χ0) is 12.1. The molecule has 3 heteroatoms. The van der Waals surface area contributed by atoms with Gasteiger partial charge in [0, 0.05) is 32.6 Å². The van der Waals surface area contributed by atoms with Gasteiger partial charge in [0.05, 0.1) is 0 Å². The van der Waals surface area contributed by atoms with E-state index in [0.29, 0.717) is 6.04 Å². The first kappa shape index (κ1) is 12.4. The van der Waals surface area contributed by atoms with Gasteiger partial charge in [-0.3, -0.25) is 9.69 Å². The Balaban J connectivity index is 1.73. The molecule has 0 spiro atoms. The molecule has 0 aromatic carbocycles. The summed E-state index contributed by atoms with van der Waals surface area (Å²) in [6.45, 7) is 4.86. The summed E-state index contributed by atoms with van der Waals surface area (Å²) in [5, 5.41) is 3.01. The zero-order valence-corrected chi connectivity index (χ0v) is 10.6. The summed E-state index contributed by atoms with van der Waals surface area (Å²) in [5.41, 5.74) is 1.45. The molecule has 0 atom stereocenters. The largest absolute Gasteiger partial charge is 0.354 e.